The molecule has 0 heterocycles. The molecule has 0 aromatic heterocycles. The third kappa shape index (κ3) is 63.1. The van der Waals surface area contributed by atoms with E-state index in [0.29, 0.717) is 0 Å². The van der Waals surface area contributed by atoms with Gasteiger partial charge in [0.05, 0.1) is 0 Å². The smallest absolute Gasteiger partial charge is 0.852 e. The topological polar surface area (TPSA) is 69.2 Å². The van der Waals surface area contributed by atoms with E-state index in [-0.39, 0.29) is 35.7 Å². The summed E-state index contributed by atoms with van der Waals surface area (Å²) in [5.41, 5.74) is 0. The molecule has 0 aromatic carbocycles. The molecule has 0 rings (SSSR count). The van der Waals surface area contributed by atoms with Crippen LogP contribution in [-0.2, 0) is 0 Å². The summed E-state index contributed by atoms with van der Waals surface area (Å²) < 4.78 is 0. The number of hydrogen-bond donors (Lipinski definition) is 0. The van der Waals surface area contributed by atoms with Crippen LogP contribution < -0.4 is 15.3 Å². The van der Waals surface area contributed by atoms with Gasteiger partial charge >= 0.3 is 17.4 Å². The molecular formula is C12H27AlO3. The molecule has 3 nitrogen and oxygen atoms in total. The zero-order valence-corrected chi connectivity index (χ0v) is 12.8. The van der Waals surface area contributed by atoms with E-state index in [1.807, 2.05) is 20.8 Å². The summed E-state index contributed by atoms with van der Waals surface area (Å²) in [6.45, 7) is 10.7. The van der Waals surface area contributed by atoms with Gasteiger partial charge < -0.3 is 15.3 Å². The van der Waals surface area contributed by atoms with Gasteiger partial charge in [-0.25, -0.2) is 0 Å². The molecule has 0 fully saturated rings. The molecule has 0 N–H and O–H groups in total. The molecule has 0 unspecified atom stereocenters. The maximum atomic E-state index is 9.90. The Morgan fingerprint density at radius 2 is 0.688 bits per heavy atom. The molecular weight excluding hydrogens is 219 g/mol. The standard InChI is InChI=1S/3C4H9O.Al/c3*1-3-4(2)5;/h3*4H,3H2,1-2H3;/q3*-1;+3/t3*4-;/m111./s1. The van der Waals surface area contributed by atoms with Crippen molar-refractivity contribution >= 4 is 17.4 Å². The summed E-state index contributed by atoms with van der Waals surface area (Å²) in [6, 6.07) is 0. The van der Waals surface area contributed by atoms with Gasteiger partial charge in [-0.2, -0.15) is 0 Å². The Labute approximate surface area is 112 Å². The van der Waals surface area contributed by atoms with Gasteiger partial charge in [-0.1, -0.05) is 60.8 Å². The van der Waals surface area contributed by atoms with E-state index in [1.54, 1.807) is 20.8 Å². The Balaban J connectivity index is -0.0000000655. The average Bonchev–Trinajstić information content (AvgIpc) is 2.19. The van der Waals surface area contributed by atoms with E-state index in [4.69, 9.17) is 0 Å². The predicted molar refractivity (Wildman–Crippen MR) is 65.0 cm³/mol. The first-order valence-corrected chi connectivity index (χ1v) is 5.79. The van der Waals surface area contributed by atoms with Gasteiger partial charge in [-0.05, 0) is 0 Å². The molecule has 0 aromatic rings. The summed E-state index contributed by atoms with van der Waals surface area (Å²) in [7, 11) is 0. The fourth-order valence-corrected chi connectivity index (χ4v) is 0. The van der Waals surface area contributed by atoms with Crippen molar-refractivity contribution in [1.29, 1.82) is 0 Å². The SMILES string of the molecule is CC[C@@H](C)[O-].CC[C@@H](C)[O-].CC[C@@H](C)[O-].[Al+3]. The molecule has 0 aliphatic heterocycles. The third-order valence-corrected chi connectivity index (χ3v) is 1.72. The summed E-state index contributed by atoms with van der Waals surface area (Å²) in [6.07, 6.45) is 1.15. The molecule has 0 spiro atoms. The Morgan fingerprint density at radius 1 is 0.625 bits per heavy atom. The summed E-state index contributed by atoms with van der Waals surface area (Å²) in [5.74, 6) is 0. The van der Waals surface area contributed by atoms with Gasteiger partial charge in [0, 0.05) is 0 Å². The molecule has 0 saturated carbocycles. The number of hydrogen-bond acceptors (Lipinski definition) is 3. The average molecular weight is 246 g/mol. The molecule has 16 heavy (non-hydrogen) atoms. The monoisotopic (exact) mass is 246 g/mol. The zero-order valence-electron chi connectivity index (χ0n) is 11.7. The van der Waals surface area contributed by atoms with Crippen molar-refractivity contribution in [3.8, 4) is 0 Å². The van der Waals surface area contributed by atoms with Crippen LogP contribution in [0.1, 0.15) is 60.8 Å². The Morgan fingerprint density at radius 3 is 0.688 bits per heavy atom. The van der Waals surface area contributed by atoms with Gasteiger partial charge in [0.2, 0.25) is 0 Å². The molecule has 4 heteroatoms. The van der Waals surface area contributed by atoms with Crippen LogP contribution in [0.15, 0.2) is 0 Å². The molecule has 96 valence electrons. The minimum atomic E-state index is -0.366. The third-order valence-electron chi connectivity index (χ3n) is 1.72. The fraction of sp³-hybridized carbons (Fsp3) is 1.00. The van der Waals surface area contributed by atoms with Crippen LogP contribution in [0.5, 0.6) is 0 Å². The van der Waals surface area contributed by atoms with Crippen LogP contribution in [0.25, 0.3) is 0 Å². The molecule has 0 aliphatic rings. The van der Waals surface area contributed by atoms with Crippen LogP contribution >= 0.6 is 0 Å². The van der Waals surface area contributed by atoms with Crippen molar-refractivity contribution in [2.24, 2.45) is 0 Å². The second kappa shape index (κ2) is 20.8. The van der Waals surface area contributed by atoms with E-state index >= 15 is 0 Å². The van der Waals surface area contributed by atoms with Crippen molar-refractivity contribution in [3.05, 3.63) is 0 Å². The summed E-state index contributed by atoms with van der Waals surface area (Å²) >= 11 is 0. The largest absolute Gasteiger partial charge is 3.00 e. The second-order valence-electron chi connectivity index (χ2n) is 3.66. The maximum absolute atomic E-state index is 9.90. The van der Waals surface area contributed by atoms with E-state index in [1.165, 1.54) is 0 Å². The predicted octanol–water partition coefficient (Wildman–Crippen LogP) is 0.0548. The number of rotatable bonds is 3. The van der Waals surface area contributed by atoms with E-state index in [2.05, 4.69) is 0 Å². The van der Waals surface area contributed by atoms with Crippen LogP contribution in [0, 0.1) is 0 Å². The maximum Gasteiger partial charge on any atom is 3.00 e. The van der Waals surface area contributed by atoms with Crippen LogP contribution in [0.4, 0.5) is 0 Å². The van der Waals surface area contributed by atoms with Gasteiger partial charge in [-0.3, -0.25) is 0 Å². The first-order valence-electron chi connectivity index (χ1n) is 5.79. The molecule has 0 bridgehead atoms. The Hall–Kier alpha value is 0.412. The minimum Gasteiger partial charge on any atom is -0.852 e. The summed E-state index contributed by atoms with van der Waals surface area (Å²) in [5, 5.41) is 29.7. The first kappa shape index (κ1) is 25.3. The quantitative estimate of drug-likeness (QED) is 0.661. The van der Waals surface area contributed by atoms with Gasteiger partial charge in [-0.15, -0.1) is 18.3 Å². The van der Waals surface area contributed by atoms with Crippen LogP contribution in [0.2, 0.25) is 0 Å². The Kier molecular flexibility index (Phi) is 32.9. The molecule has 0 saturated heterocycles. The first-order chi connectivity index (χ1) is 6.81. The van der Waals surface area contributed by atoms with Crippen LogP contribution in [0.3, 0.4) is 0 Å². The second-order valence-corrected chi connectivity index (χ2v) is 3.66. The van der Waals surface area contributed by atoms with Crippen LogP contribution in [-0.4, -0.2) is 35.7 Å². The minimum absolute atomic E-state index is 0. The zero-order chi connectivity index (χ0) is 12.9. The normalized spacial score (nSPS) is 14.1. The fourth-order valence-electron chi connectivity index (χ4n) is 0. The van der Waals surface area contributed by atoms with Crippen molar-refractivity contribution in [2.75, 3.05) is 0 Å². The van der Waals surface area contributed by atoms with Crippen molar-refractivity contribution < 1.29 is 15.3 Å². The van der Waals surface area contributed by atoms with E-state index in [0.717, 1.165) is 19.3 Å². The van der Waals surface area contributed by atoms with Gasteiger partial charge in [0.1, 0.15) is 0 Å². The van der Waals surface area contributed by atoms with Crippen molar-refractivity contribution in [1.82, 2.24) is 0 Å². The molecule has 0 radical (unpaired) electrons. The Bertz CT molecular complexity index is 77.2. The van der Waals surface area contributed by atoms with E-state index < -0.39 is 0 Å². The summed E-state index contributed by atoms with van der Waals surface area (Å²) in [4.78, 5) is 0. The van der Waals surface area contributed by atoms with Gasteiger partial charge in [0.15, 0.2) is 0 Å². The molecule has 0 aliphatic carbocycles. The van der Waals surface area contributed by atoms with E-state index in [9.17, 15) is 15.3 Å². The molecule has 0 amide bonds. The van der Waals surface area contributed by atoms with Crippen molar-refractivity contribution in [2.45, 2.75) is 79.1 Å². The molecule has 3 atom stereocenters. The van der Waals surface area contributed by atoms with Crippen molar-refractivity contribution in [3.63, 3.8) is 0 Å². The van der Waals surface area contributed by atoms with Gasteiger partial charge in [0.25, 0.3) is 0 Å².